The molecule has 0 saturated carbocycles. The van der Waals surface area contributed by atoms with E-state index in [4.69, 9.17) is 34.8 Å². The third kappa shape index (κ3) is 4.58. The molecule has 1 aliphatic rings. The summed E-state index contributed by atoms with van der Waals surface area (Å²) in [6, 6.07) is 8.56. The Hall–Kier alpha value is -1.83. The second-order valence-electron chi connectivity index (χ2n) is 7.59. The second-order valence-corrected chi connectivity index (χ2v) is 8.84. The minimum absolute atomic E-state index is 0.161. The van der Waals surface area contributed by atoms with E-state index >= 15 is 0 Å². The molecule has 1 amide bonds. The van der Waals surface area contributed by atoms with E-state index in [0.29, 0.717) is 40.4 Å². The lowest BCUT2D eigenvalue weighted by atomic mass is 10.1. The van der Waals surface area contributed by atoms with E-state index in [1.165, 1.54) is 0 Å². The summed E-state index contributed by atoms with van der Waals surface area (Å²) in [6.45, 7) is 3.04. The van der Waals surface area contributed by atoms with Crippen LogP contribution in [-0.2, 0) is 17.9 Å². The Morgan fingerprint density at radius 3 is 2.83 bits per heavy atom. The zero-order valence-corrected chi connectivity index (χ0v) is 18.5. The first-order chi connectivity index (χ1) is 14.3. The monoisotopic (exact) mass is 466 g/mol. The van der Waals surface area contributed by atoms with Gasteiger partial charge in [0, 0.05) is 28.2 Å². The van der Waals surface area contributed by atoms with Crippen molar-refractivity contribution in [2.75, 3.05) is 6.54 Å². The molecule has 1 aromatic heterocycles. The van der Waals surface area contributed by atoms with Crippen LogP contribution < -0.4 is 5.32 Å². The number of halogens is 3. The average molecular weight is 468 g/mol. The predicted molar refractivity (Wildman–Crippen MR) is 119 cm³/mol. The summed E-state index contributed by atoms with van der Waals surface area (Å²) in [5, 5.41) is 14.8. The lowest BCUT2D eigenvalue weighted by Gasteiger charge is -2.23. The number of aliphatic hydroxyl groups is 1. The fraction of sp³-hybridized carbons (Fsp3) is 0.333. The van der Waals surface area contributed by atoms with Gasteiger partial charge in [0.1, 0.15) is 5.82 Å². The zero-order valence-electron chi connectivity index (χ0n) is 16.3. The van der Waals surface area contributed by atoms with Crippen LogP contribution in [0.2, 0.25) is 15.1 Å². The lowest BCUT2D eigenvalue weighted by molar-refractivity contribution is -0.125. The number of β-amino-alcohol motifs (C(OH)–C–C–N with tert-alkyl or cyclic N) is 1. The van der Waals surface area contributed by atoms with E-state index < -0.39 is 12.1 Å². The van der Waals surface area contributed by atoms with Crippen molar-refractivity contribution in [1.82, 2.24) is 20.2 Å². The van der Waals surface area contributed by atoms with Gasteiger partial charge in [-0.05, 0) is 48.7 Å². The third-order valence-corrected chi connectivity index (χ3v) is 6.31. The summed E-state index contributed by atoms with van der Waals surface area (Å²) in [6.07, 6.45) is -0.199. The molecule has 30 heavy (non-hydrogen) atoms. The maximum Gasteiger partial charge on any atom is 0.237 e. The van der Waals surface area contributed by atoms with Gasteiger partial charge in [-0.25, -0.2) is 4.98 Å². The molecule has 158 valence electrons. The molecule has 0 aliphatic carbocycles. The topological polar surface area (TPSA) is 81.2 Å². The first kappa shape index (κ1) is 21.4. The number of fused-ring (bicyclic) bond motifs is 1. The van der Waals surface area contributed by atoms with Crippen LogP contribution in [0.5, 0.6) is 0 Å². The molecule has 3 aromatic rings. The van der Waals surface area contributed by atoms with Gasteiger partial charge < -0.3 is 15.4 Å². The van der Waals surface area contributed by atoms with Crippen molar-refractivity contribution in [2.45, 2.75) is 38.6 Å². The van der Waals surface area contributed by atoms with Crippen molar-refractivity contribution in [3.63, 3.8) is 0 Å². The number of aliphatic hydroxyl groups excluding tert-OH is 1. The van der Waals surface area contributed by atoms with Gasteiger partial charge in [0.2, 0.25) is 5.91 Å². The Bertz CT molecular complexity index is 1060. The molecule has 2 aromatic carbocycles. The van der Waals surface area contributed by atoms with Crippen molar-refractivity contribution in [3.05, 3.63) is 62.4 Å². The highest BCUT2D eigenvalue weighted by atomic mass is 35.5. The maximum absolute atomic E-state index is 12.8. The molecule has 9 heteroatoms. The molecule has 1 saturated heterocycles. The Balaban J connectivity index is 1.43. The van der Waals surface area contributed by atoms with Crippen LogP contribution in [0.3, 0.4) is 0 Å². The summed E-state index contributed by atoms with van der Waals surface area (Å²) in [7, 11) is 0. The Labute approximate surface area is 189 Å². The number of rotatable bonds is 5. The molecule has 1 aliphatic heterocycles. The molecule has 0 bridgehead atoms. The Morgan fingerprint density at radius 2 is 2.07 bits per heavy atom. The van der Waals surface area contributed by atoms with E-state index in [9.17, 15) is 9.90 Å². The number of aromatic amines is 1. The Kier molecular flexibility index (Phi) is 6.23. The van der Waals surface area contributed by atoms with Crippen molar-refractivity contribution in [1.29, 1.82) is 0 Å². The minimum Gasteiger partial charge on any atom is -0.392 e. The summed E-state index contributed by atoms with van der Waals surface area (Å²) in [4.78, 5) is 22.5. The van der Waals surface area contributed by atoms with Gasteiger partial charge >= 0.3 is 0 Å². The number of carbonyl (C=O) groups is 1. The first-order valence-corrected chi connectivity index (χ1v) is 10.7. The van der Waals surface area contributed by atoms with Crippen LogP contribution in [0.1, 0.15) is 23.4 Å². The largest absolute Gasteiger partial charge is 0.392 e. The summed E-state index contributed by atoms with van der Waals surface area (Å²) >= 11 is 18.4. The molecule has 1 fully saturated rings. The number of nitrogens with one attached hydrogen (secondary N) is 2. The van der Waals surface area contributed by atoms with Crippen LogP contribution in [0.4, 0.5) is 0 Å². The highest BCUT2D eigenvalue weighted by Gasteiger charge is 2.36. The number of H-pyrrole nitrogens is 1. The number of aromatic nitrogens is 2. The molecule has 0 spiro atoms. The predicted octanol–water partition coefficient (Wildman–Crippen LogP) is 4.08. The van der Waals surface area contributed by atoms with Gasteiger partial charge in [-0.15, -0.1) is 0 Å². The number of carbonyl (C=O) groups excluding carboxylic acids is 1. The third-order valence-electron chi connectivity index (χ3n) is 5.31. The fourth-order valence-electron chi connectivity index (χ4n) is 3.76. The van der Waals surface area contributed by atoms with Crippen molar-refractivity contribution in [2.24, 2.45) is 0 Å². The van der Waals surface area contributed by atoms with Crippen LogP contribution in [-0.4, -0.2) is 44.6 Å². The number of nitrogens with zero attached hydrogens (tertiary/aromatic N) is 2. The molecule has 6 nitrogen and oxygen atoms in total. The van der Waals surface area contributed by atoms with E-state index in [2.05, 4.69) is 15.3 Å². The van der Waals surface area contributed by atoms with Gasteiger partial charge in [-0.1, -0.05) is 40.9 Å². The first-order valence-electron chi connectivity index (χ1n) is 9.58. The van der Waals surface area contributed by atoms with Crippen molar-refractivity contribution >= 4 is 51.7 Å². The molecule has 2 unspecified atom stereocenters. The number of hydrogen-bond acceptors (Lipinski definition) is 4. The molecular weight excluding hydrogens is 447 g/mol. The van der Waals surface area contributed by atoms with E-state index in [0.717, 1.165) is 22.2 Å². The molecule has 3 N–H and O–H groups in total. The van der Waals surface area contributed by atoms with Gasteiger partial charge in [0.05, 0.1) is 29.7 Å². The quantitative estimate of drug-likeness (QED) is 0.528. The highest BCUT2D eigenvalue weighted by Crippen LogP contribution is 2.27. The normalized spacial score (nSPS) is 19.5. The Morgan fingerprint density at radius 1 is 1.27 bits per heavy atom. The smallest absolute Gasteiger partial charge is 0.237 e. The van der Waals surface area contributed by atoms with Crippen LogP contribution >= 0.6 is 34.8 Å². The zero-order chi connectivity index (χ0) is 21.4. The van der Waals surface area contributed by atoms with Gasteiger partial charge in [0.25, 0.3) is 0 Å². The van der Waals surface area contributed by atoms with E-state index in [-0.39, 0.29) is 12.5 Å². The van der Waals surface area contributed by atoms with E-state index in [1.807, 2.05) is 24.0 Å². The van der Waals surface area contributed by atoms with Crippen molar-refractivity contribution < 1.29 is 9.90 Å². The van der Waals surface area contributed by atoms with Crippen LogP contribution in [0.25, 0.3) is 11.0 Å². The number of likely N-dealkylation sites (tertiary alicyclic amines) is 1. The SMILES string of the molecule is Cc1cc2[nH]c(CNC(=O)C3CC(O)CN3Cc3ccc(Cl)cc3Cl)nc2cc1Cl. The standard InChI is InChI=1S/C21H21Cl3N4O2/c1-11-4-17-18(7-15(11)23)27-20(26-17)8-25-21(30)19-6-14(29)10-28(19)9-12-2-3-13(22)5-16(12)24/h2-5,7,14,19,29H,6,8-10H2,1H3,(H,25,30)(H,26,27). The van der Waals surface area contributed by atoms with Gasteiger partial charge in [-0.2, -0.15) is 0 Å². The van der Waals surface area contributed by atoms with Gasteiger partial charge in [0.15, 0.2) is 0 Å². The fourth-order valence-corrected chi connectivity index (χ4v) is 4.39. The average Bonchev–Trinajstić information content (AvgIpc) is 3.25. The molecular formula is C21H21Cl3N4O2. The molecule has 2 heterocycles. The molecule has 0 radical (unpaired) electrons. The lowest BCUT2D eigenvalue weighted by Crippen LogP contribution is -2.42. The highest BCUT2D eigenvalue weighted by molar-refractivity contribution is 6.35. The molecule has 4 rings (SSSR count). The van der Waals surface area contributed by atoms with Gasteiger partial charge in [-0.3, -0.25) is 9.69 Å². The number of imidazole rings is 1. The number of benzene rings is 2. The summed E-state index contributed by atoms with van der Waals surface area (Å²) < 4.78 is 0. The summed E-state index contributed by atoms with van der Waals surface area (Å²) in [5.41, 5.74) is 3.44. The number of amides is 1. The van der Waals surface area contributed by atoms with Crippen LogP contribution in [0.15, 0.2) is 30.3 Å². The summed E-state index contributed by atoms with van der Waals surface area (Å²) in [5.74, 6) is 0.483. The van der Waals surface area contributed by atoms with Crippen molar-refractivity contribution in [3.8, 4) is 0 Å². The number of aryl methyl sites for hydroxylation is 1. The molecule has 2 atom stereocenters. The van der Waals surface area contributed by atoms with E-state index in [1.54, 1.807) is 18.2 Å². The second kappa shape index (κ2) is 8.73. The minimum atomic E-state index is -0.567. The van der Waals surface area contributed by atoms with Crippen LogP contribution in [0, 0.1) is 6.92 Å². The maximum atomic E-state index is 12.8. The number of hydrogen-bond donors (Lipinski definition) is 3.